The zero-order valence-electron chi connectivity index (χ0n) is 9.81. The van der Waals surface area contributed by atoms with Crippen LogP contribution >= 0.6 is 23.6 Å². The Morgan fingerprint density at radius 3 is 2.29 bits per heavy atom. The maximum atomic E-state index is 11.7. The number of carbonyl (C=O) groups excluding carboxylic acids is 2. The van der Waals surface area contributed by atoms with Gasteiger partial charge in [-0.15, -0.1) is 0 Å². The molecule has 1 aromatic heterocycles. The zero-order chi connectivity index (χ0) is 13.0. The van der Waals surface area contributed by atoms with Crippen molar-refractivity contribution < 1.29 is 19.1 Å². The Morgan fingerprint density at radius 2 is 1.76 bits per heavy atom. The summed E-state index contributed by atoms with van der Waals surface area (Å²) in [6, 6.07) is 0. The number of aromatic nitrogens is 1. The molecule has 0 amide bonds. The molecule has 0 radical (unpaired) electrons. The Labute approximate surface area is 108 Å². The lowest BCUT2D eigenvalue weighted by atomic mass is 10.3. The normalized spacial score (nSPS) is 10.1. The molecule has 0 spiro atoms. The molecule has 0 saturated carbocycles. The highest BCUT2D eigenvalue weighted by Gasteiger charge is 2.25. The highest BCUT2D eigenvalue weighted by molar-refractivity contribution is 7.73. The van der Waals surface area contributed by atoms with E-state index in [2.05, 4.69) is 0 Å². The lowest BCUT2D eigenvalue weighted by molar-refractivity contribution is 0.0474. The van der Waals surface area contributed by atoms with Crippen molar-refractivity contribution in [3.05, 3.63) is 14.5 Å². The van der Waals surface area contributed by atoms with Gasteiger partial charge in [0.15, 0.2) is 9.65 Å². The van der Waals surface area contributed by atoms with E-state index in [-0.39, 0.29) is 23.8 Å². The van der Waals surface area contributed by atoms with Crippen LogP contribution in [0, 0.1) is 3.95 Å². The van der Waals surface area contributed by atoms with Crippen molar-refractivity contribution in [3.8, 4) is 0 Å². The largest absolute Gasteiger partial charge is 0.462 e. The van der Waals surface area contributed by atoms with Crippen molar-refractivity contribution in [1.82, 2.24) is 4.57 Å². The van der Waals surface area contributed by atoms with Gasteiger partial charge < -0.3 is 14.0 Å². The fourth-order valence-electron chi connectivity index (χ4n) is 1.21. The van der Waals surface area contributed by atoms with Gasteiger partial charge in [0, 0.05) is 7.05 Å². The molecule has 0 aromatic carbocycles. The minimum absolute atomic E-state index is 0.153. The minimum Gasteiger partial charge on any atom is -0.462 e. The first-order valence-corrected chi connectivity index (χ1v) is 6.29. The average molecular weight is 275 g/mol. The molecule has 1 aromatic rings. The number of nitrogens with zero attached hydrogens (tertiary/aromatic N) is 1. The van der Waals surface area contributed by atoms with Crippen LogP contribution in [0.15, 0.2) is 0 Å². The minimum atomic E-state index is -0.564. The predicted octanol–water partition coefficient (Wildman–Crippen LogP) is 2.17. The van der Waals surface area contributed by atoms with Crippen molar-refractivity contribution >= 4 is 35.5 Å². The summed E-state index contributed by atoms with van der Waals surface area (Å²) < 4.78 is 11.6. The third-order valence-electron chi connectivity index (χ3n) is 1.94. The second kappa shape index (κ2) is 5.92. The number of rotatable bonds is 4. The SMILES string of the molecule is CCOC(=O)c1sc(=S)n(C)c1C(=O)OCC. The lowest BCUT2D eigenvalue weighted by Crippen LogP contribution is -2.15. The van der Waals surface area contributed by atoms with E-state index in [9.17, 15) is 9.59 Å². The Morgan fingerprint density at radius 1 is 1.24 bits per heavy atom. The highest BCUT2D eigenvalue weighted by Crippen LogP contribution is 2.20. The van der Waals surface area contributed by atoms with Crippen LogP contribution in [0.1, 0.15) is 34.0 Å². The monoisotopic (exact) mass is 275 g/mol. The van der Waals surface area contributed by atoms with Gasteiger partial charge in [0.1, 0.15) is 4.88 Å². The summed E-state index contributed by atoms with van der Waals surface area (Å²) in [4.78, 5) is 23.6. The van der Waals surface area contributed by atoms with Gasteiger partial charge >= 0.3 is 11.9 Å². The van der Waals surface area contributed by atoms with Gasteiger partial charge in [-0.2, -0.15) is 0 Å². The first-order chi connectivity index (χ1) is 8.02. The smallest absolute Gasteiger partial charge is 0.356 e. The van der Waals surface area contributed by atoms with E-state index in [0.29, 0.717) is 3.95 Å². The van der Waals surface area contributed by atoms with Gasteiger partial charge in [0.2, 0.25) is 0 Å². The molecule has 0 atom stereocenters. The van der Waals surface area contributed by atoms with E-state index >= 15 is 0 Å². The van der Waals surface area contributed by atoms with E-state index in [4.69, 9.17) is 21.7 Å². The van der Waals surface area contributed by atoms with Crippen LogP contribution in [0.4, 0.5) is 0 Å². The van der Waals surface area contributed by atoms with Crippen LogP contribution in [0.2, 0.25) is 0 Å². The molecule has 17 heavy (non-hydrogen) atoms. The maximum absolute atomic E-state index is 11.7. The molecule has 0 fully saturated rings. The van der Waals surface area contributed by atoms with Crippen LogP contribution in [-0.2, 0) is 16.5 Å². The summed E-state index contributed by atoms with van der Waals surface area (Å²) in [6.45, 7) is 3.88. The third kappa shape index (κ3) is 2.92. The van der Waals surface area contributed by atoms with E-state index in [0.717, 1.165) is 11.3 Å². The predicted molar refractivity (Wildman–Crippen MR) is 66.0 cm³/mol. The standard InChI is InChI=1S/C10H13NO4S2/c1-4-14-8(12)6-7(9(13)15-5-2)17-10(16)11(6)3/h4-5H2,1-3H3. The number of hydrogen-bond acceptors (Lipinski definition) is 6. The van der Waals surface area contributed by atoms with Gasteiger partial charge in [-0.3, -0.25) is 0 Å². The molecule has 7 heteroatoms. The summed E-state index contributed by atoms with van der Waals surface area (Å²) in [5.74, 6) is -1.11. The quantitative estimate of drug-likeness (QED) is 0.622. The second-order valence-electron chi connectivity index (χ2n) is 3.05. The number of hydrogen-bond donors (Lipinski definition) is 0. The second-order valence-corrected chi connectivity index (χ2v) is 4.69. The third-order valence-corrected chi connectivity index (χ3v) is 3.48. The number of carbonyl (C=O) groups is 2. The number of thiazole rings is 1. The first kappa shape index (κ1) is 13.9. The van der Waals surface area contributed by atoms with E-state index in [1.54, 1.807) is 20.9 Å². The van der Waals surface area contributed by atoms with Gasteiger partial charge in [0.05, 0.1) is 13.2 Å². The summed E-state index contributed by atoms with van der Waals surface area (Å²) >= 11 is 6.08. The van der Waals surface area contributed by atoms with Crippen LogP contribution in [0.5, 0.6) is 0 Å². The van der Waals surface area contributed by atoms with E-state index in [1.165, 1.54) is 4.57 Å². The molecule has 0 bridgehead atoms. The Kier molecular flexibility index (Phi) is 4.83. The van der Waals surface area contributed by atoms with Crippen molar-refractivity contribution in [2.75, 3.05) is 13.2 Å². The molecule has 0 aliphatic carbocycles. The summed E-state index contributed by atoms with van der Waals surface area (Å²) in [5.41, 5.74) is 0.153. The van der Waals surface area contributed by atoms with Crippen LogP contribution in [0.3, 0.4) is 0 Å². The zero-order valence-corrected chi connectivity index (χ0v) is 11.4. The van der Waals surface area contributed by atoms with Crippen molar-refractivity contribution in [2.24, 2.45) is 7.05 Å². The Balaban J connectivity index is 3.22. The lowest BCUT2D eigenvalue weighted by Gasteiger charge is -2.05. The first-order valence-electron chi connectivity index (χ1n) is 5.06. The van der Waals surface area contributed by atoms with Crippen LogP contribution in [-0.4, -0.2) is 29.7 Å². The van der Waals surface area contributed by atoms with Gasteiger partial charge in [-0.25, -0.2) is 9.59 Å². The van der Waals surface area contributed by atoms with Gasteiger partial charge in [-0.05, 0) is 26.1 Å². The van der Waals surface area contributed by atoms with Crippen LogP contribution in [0.25, 0.3) is 0 Å². The molecule has 0 aliphatic heterocycles. The Bertz CT molecular complexity index is 489. The fourth-order valence-corrected chi connectivity index (χ4v) is 2.42. The molecule has 5 nitrogen and oxygen atoms in total. The molecular weight excluding hydrogens is 262 g/mol. The van der Waals surface area contributed by atoms with Crippen molar-refractivity contribution in [2.45, 2.75) is 13.8 Å². The topological polar surface area (TPSA) is 57.5 Å². The van der Waals surface area contributed by atoms with Gasteiger partial charge in [0.25, 0.3) is 0 Å². The molecule has 1 rings (SSSR count). The molecule has 1 heterocycles. The molecular formula is C10H13NO4S2. The maximum Gasteiger partial charge on any atom is 0.356 e. The molecule has 0 unspecified atom stereocenters. The molecule has 0 saturated heterocycles. The van der Waals surface area contributed by atoms with Gasteiger partial charge in [-0.1, -0.05) is 11.3 Å². The van der Waals surface area contributed by atoms with E-state index < -0.39 is 11.9 Å². The summed E-state index contributed by atoms with van der Waals surface area (Å²) in [7, 11) is 1.62. The molecule has 94 valence electrons. The molecule has 0 aliphatic rings. The van der Waals surface area contributed by atoms with E-state index in [1.807, 2.05) is 0 Å². The number of esters is 2. The average Bonchev–Trinajstić information content (AvgIpc) is 2.56. The van der Waals surface area contributed by atoms with Crippen molar-refractivity contribution in [3.63, 3.8) is 0 Å². The van der Waals surface area contributed by atoms with Crippen molar-refractivity contribution in [1.29, 1.82) is 0 Å². The van der Waals surface area contributed by atoms with Crippen LogP contribution < -0.4 is 0 Å². The summed E-state index contributed by atoms with van der Waals surface area (Å²) in [5, 5.41) is 0. The fraction of sp³-hybridized carbons (Fsp3) is 0.500. The highest BCUT2D eigenvalue weighted by atomic mass is 32.1. The summed E-state index contributed by atoms with van der Waals surface area (Å²) in [6.07, 6.45) is 0. The number of ether oxygens (including phenoxy) is 2. The Hall–Kier alpha value is -1.21. The molecule has 0 N–H and O–H groups in total.